The Kier molecular flexibility index (Phi) is 4.05. The van der Waals surface area contributed by atoms with Gasteiger partial charge in [0.1, 0.15) is 0 Å². The molecule has 1 aliphatic carbocycles. The van der Waals surface area contributed by atoms with E-state index in [0.29, 0.717) is 6.01 Å². The molecule has 0 radical (unpaired) electrons. The van der Waals surface area contributed by atoms with E-state index in [1.165, 1.54) is 25.7 Å². The molecule has 0 N–H and O–H groups in total. The lowest BCUT2D eigenvalue weighted by Crippen LogP contribution is -2.36. The topological polar surface area (TPSA) is 51.4 Å². The van der Waals surface area contributed by atoms with Gasteiger partial charge < -0.3 is 14.2 Å². The predicted molar refractivity (Wildman–Crippen MR) is 70.9 cm³/mol. The fourth-order valence-electron chi connectivity index (χ4n) is 2.43. The number of rotatable bonds is 4. The quantitative estimate of drug-likeness (QED) is 0.834. The first-order valence-electron chi connectivity index (χ1n) is 6.69. The molecule has 3 rings (SSSR count). The van der Waals surface area contributed by atoms with E-state index in [-0.39, 0.29) is 0 Å². The van der Waals surface area contributed by atoms with Crippen LogP contribution < -0.4 is 4.90 Å². The molecule has 1 aromatic heterocycles. The maximum atomic E-state index is 5.32. The highest BCUT2D eigenvalue weighted by Crippen LogP contribution is 2.31. The van der Waals surface area contributed by atoms with Crippen LogP contribution in [0.3, 0.4) is 0 Å². The van der Waals surface area contributed by atoms with Gasteiger partial charge in [0.25, 0.3) is 0 Å². The van der Waals surface area contributed by atoms with Crippen LogP contribution in [0.25, 0.3) is 0 Å². The third-order valence-corrected chi connectivity index (χ3v) is 4.86. The summed E-state index contributed by atoms with van der Waals surface area (Å²) < 4.78 is 10.6. The summed E-state index contributed by atoms with van der Waals surface area (Å²) in [5.74, 6) is 1.70. The van der Waals surface area contributed by atoms with E-state index in [1.54, 1.807) is 0 Å². The van der Waals surface area contributed by atoms with Gasteiger partial charge in [-0.25, -0.2) is 0 Å². The van der Waals surface area contributed by atoms with Crippen LogP contribution in [0, 0.1) is 0 Å². The fourth-order valence-corrected chi connectivity index (χ4v) is 3.60. The first kappa shape index (κ1) is 12.3. The fraction of sp³-hybridized carbons (Fsp3) is 0.833. The Morgan fingerprint density at radius 1 is 1.22 bits per heavy atom. The van der Waals surface area contributed by atoms with Gasteiger partial charge in [-0.3, -0.25) is 0 Å². The zero-order valence-corrected chi connectivity index (χ0v) is 11.3. The molecule has 2 aliphatic rings. The first-order valence-corrected chi connectivity index (χ1v) is 7.73. The van der Waals surface area contributed by atoms with Gasteiger partial charge >= 0.3 is 6.01 Å². The minimum absolute atomic E-state index is 0.653. The van der Waals surface area contributed by atoms with Crippen LogP contribution in [0.15, 0.2) is 4.52 Å². The van der Waals surface area contributed by atoms with Crippen molar-refractivity contribution in [1.29, 1.82) is 0 Å². The molecule has 2 heterocycles. The van der Waals surface area contributed by atoms with Gasteiger partial charge in [-0.15, -0.1) is 0 Å². The summed E-state index contributed by atoms with van der Waals surface area (Å²) in [5, 5.41) is 4.86. The molecule has 0 aromatic carbocycles. The third-order valence-electron chi connectivity index (χ3n) is 3.49. The summed E-state index contributed by atoms with van der Waals surface area (Å²) >= 11 is 1.97. The number of hydrogen-bond donors (Lipinski definition) is 0. The van der Waals surface area contributed by atoms with Gasteiger partial charge in [0.05, 0.1) is 19.0 Å². The molecule has 2 fully saturated rings. The molecule has 100 valence electrons. The lowest BCUT2D eigenvalue weighted by molar-refractivity contribution is 0.119. The highest BCUT2D eigenvalue weighted by Gasteiger charge is 2.19. The van der Waals surface area contributed by atoms with Crippen LogP contribution in [0.4, 0.5) is 6.01 Å². The van der Waals surface area contributed by atoms with E-state index in [9.17, 15) is 0 Å². The Labute approximate surface area is 111 Å². The molecule has 5 nitrogen and oxygen atoms in total. The van der Waals surface area contributed by atoms with Crippen molar-refractivity contribution in [3.63, 3.8) is 0 Å². The molecule has 0 amide bonds. The molecule has 6 heteroatoms. The monoisotopic (exact) mass is 269 g/mol. The number of anilines is 1. The number of ether oxygens (including phenoxy) is 1. The zero-order valence-electron chi connectivity index (χ0n) is 10.5. The van der Waals surface area contributed by atoms with Crippen LogP contribution in [-0.2, 0) is 10.5 Å². The Bertz CT molecular complexity index is 373. The zero-order chi connectivity index (χ0) is 12.2. The minimum atomic E-state index is 0.653. The maximum absolute atomic E-state index is 5.32. The Morgan fingerprint density at radius 3 is 2.78 bits per heavy atom. The van der Waals surface area contributed by atoms with Gasteiger partial charge in [-0.2, -0.15) is 16.7 Å². The highest BCUT2D eigenvalue weighted by atomic mass is 32.2. The molecule has 0 spiro atoms. The van der Waals surface area contributed by atoms with Crippen molar-refractivity contribution < 1.29 is 9.26 Å². The molecular weight excluding hydrogens is 250 g/mol. The highest BCUT2D eigenvalue weighted by molar-refractivity contribution is 7.99. The average molecular weight is 269 g/mol. The molecule has 1 aliphatic heterocycles. The number of morpholine rings is 1. The lowest BCUT2D eigenvalue weighted by Gasteiger charge is -2.24. The molecule has 1 saturated carbocycles. The van der Waals surface area contributed by atoms with Crippen LogP contribution in [0.1, 0.15) is 31.5 Å². The predicted octanol–water partition coefficient (Wildman–Crippen LogP) is 2.08. The van der Waals surface area contributed by atoms with Gasteiger partial charge in [-0.1, -0.05) is 18.0 Å². The first-order chi connectivity index (χ1) is 8.92. The number of hydrogen-bond acceptors (Lipinski definition) is 6. The molecule has 1 aromatic rings. The van der Waals surface area contributed by atoms with Gasteiger partial charge in [0.2, 0.25) is 0 Å². The van der Waals surface area contributed by atoms with Crippen molar-refractivity contribution >= 4 is 17.8 Å². The Balaban J connectivity index is 1.52. The van der Waals surface area contributed by atoms with E-state index < -0.39 is 0 Å². The summed E-state index contributed by atoms with van der Waals surface area (Å²) in [6.07, 6.45) is 5.45. The molecule has 0 unspecified atom stereocenters. The van der Waals surface area contributed by atoms with Gasteiger partial charge in [-0.05, 0) is 12.8 Å². The number of nitrogens with zero attached hydrogens (tertiary/aromatic N) is 3. The second kappa shape index (κ2) is 5.93. The molecule has 18 heavy (non-hydrogen) atoms. The lowest BCUT2D eigenvalue weighted by atomic mass is 10.4. The van der Waals surface area contributed by atoms with Crippen molar-refractivity contribution in [3.8, 4) is 0 Å². The normalized spacial score (nSPS) is 21.7. The van der Waals surface area contributed by atoms with Crippen molar-refractivity contribution in [2.24, 2.45) is 0 Å². The minimum Gasteiger partial charge on any atom is -0.378 e. The van der Waals surface area contributed by atoms with Crippen LogP contribution in [0.2, 0.25) is 0 Å². The van der Waals surface area contributed by atoms with Crippen molar-refractivity contribution in [2.45, 2.75) is 36.7 Å². The SMILES string of the molecule is C1CCC(SCc2noc(N3CCOCC3)n2)C1. The summed E-state index contributed by atoms with van der Waals surface area (Å²) in [4.78, 5) is 6.56. The Hall–Kier alpha value is -0.750. The van der Waals surface area contributed by atoms with Crippen LogP contribution >= 0.6 is 11.8 Å². The van der Waals surface area contributed by atoms with Crippen molar-refractivity contribution in [2.75, 3.05) is 31.2 Å². The third kappa shape index (κ3) is 2.98. The van der Waals surface area contributed by atoms with Crippen LogP contribution in [-0.4, -0.2) is 41.7 Å². The summed E-state index contributed by atoms with van der Waals surface area (Å²) in [6.45, 7) is 3.18. The molecule has 1 saturated heterocycles. The van der Waals surface area contributed by atoms with Gasteiger partial charge in [0, 0.05) is 18.3 Å². The molecule has 0 bridgehead atoms. The van der Waals surface area contributed by atoms with E-state index in [2.05, 4.69) is 15.0 Å². The molecular formula is C12H19N3O2S. The second-order valence-electron chi connectivity index (χ2n) is 4.81. The second-order valence-corrected chi connectivity index (χ2v) is 6.10. The smallest absolute Gasteiger partial charge is 0.324 e. The van der Waals surface area contributed by atoms with E-state index >= 15 is 0 Å². The Morgan fingerprint density at radius 2 is 2.00 bits per heavy atom. The van der Waals surface area contributed by atoms with Crippen molar-refractivity contribution in [3.05, 3.63) is 5.82 Å². The summed E-state index contributed by atoms with van der Waals surface area (Å²) in [6, 6.07) is 0.653. The average Bonchev–Trinajstić information content (AvgIpc) is 3.09. The maximum Gasteiger partial charge on any atom is 0.324 e. The van der Waals surface area contributed by atoms with E-state index in [0.717, 1.165) is 43.1 Å². The largest absolute Gasteiger partial charge is 0.378 e. The van der Waals surface area contributed by atoms with Crippen LogP contribution in [0.5, 0.6) is 0 Å². The van der Waals surface area contributed by atoms with E-state index in [4.69, 9.17) is 9.26 Å². The van der Waals surface area contributed by atoms with E-state index in [1.807, 2.05) is 11.8 Å². The number of thioether (sulfide) groups is 1. The van der Waals surface area contributed by atoms with Gasteiger partial charge in [0.15, 0.2) is 5.82 Å². The summed E-state index contributed by atoms with van der Waals surface area (Å²) in [5.41, 5.74) is 0. The number of aromatic nitrogens is 2. The molecule has 0 atom stereocenters. The summed E-state index contributed by atoms with van der Waals surface area (Å²) in [7, 11) is 0. The standard InChI is InChI=1S/C12H19N3O2S/c1-2-4-10(3-1)18-9-11-13-12(17-14-11)15-5-7-16-8-6-15/h10H,1-9H2. The van der Waals surface area contributed by atoms with Crippen molar-refractivity contribution in [1.82, 2.24) is 10.1 Å².